The van der Waals surface area contributed by atoms with Gasteiger partial charge in [0.1, 0.15) is 12.6 Å². The van der Waals surface area contributed by atoms with E-state index in [2.05, 4.69) is 5.32 Å². The Morgan fingerprint density at radius 2 is 1.65 bits per heavy atom. The molecular weight excluding hydrogens is 566 g/mol. The highest BCUT2D eigenvalue weighted by Crippen LogP contribution is 2.36. The number of benzene rings is 3. The standard InChI is InChI=1S/C33H39N3O6S/c1-3-43(39,40)36(28-16-17-30-31(20-28)42-23-41-30)22-32(37)35(21-26-13-9-10-24(2)18-26)29(19-25-11-5-4-6-12-25)33(38)34-27-14-7-8-15-27/h4-6,9-13,16-18,20,27,29H,3,7-8,14-15,19,21-23H2,1-2H3,(H,34,38). The Morgan fingerprint density at radius 3 is 2.37 bits per heavy atom. The number of carbonyl (C=O) groups excluding carboxylic acids is 2. The average molecular weight is 606 g/mol. The topological polar surface area (TPSA) is 105 Å². The molecule has 1 fully saturated rings. The number of carbonyl (C=O) groups is 2. The predicted molar refractivity (Wildman–Crippen MR) is 165 cm³/mol. The molecule has 0 bridgehead atoms. The average Bonchev–Trinajstić information content (AvgIpc) is 3.70. The summed E-state index contributed by atoms with van der Waals surface area (Å²) >= 11 is 0. The molecule has 3 aromatic carbocycles. The first kappa shape index (κ1) is 30.4. The molecule has 1 aliphatic heterocycles. The van der Waals surface area contributed by atoms with E-state index in [0.29, 0.717) is 23.6 Å². The highest BCUT2D eigenvalue weighted by atomic mass is 32.2. The van der Waals surface area contributed by atoms with Gasteiger partial charge >= 0.3 is 0 Å². The van der Waals surface area contributed by atoms with Gasteiger partial charge in [-0.3, -0.25) is 13.9 Å². The third-order valence-electron chi connectivity index (χ3n) is 8.03. The number of sulfonamides is 1. The van der Waals surface area contributed by atoms with E-state index in [-0.39, 0.29) is 31.0 Å². The van der Waals surface area contributed by atoms with Crippen LogP contribution in [0.1, 0.15) is 49.3 Å². The van der Waals surface area contributed by atoms with E-state index in [1.165, 1.54) is 11.8 Å². The summed E-state index contributed by atoms with van der Waals surface area (Å²) in [6, 6.07) is 21.4. The molecule has 0 aromatic heterocycles. The molecule has 3 aromatic rings. The van der Waals surface area contributed by atoms with Gasteiger partial charge in [0.15, 0.2) is 11.5 Å². The van der Waals surface area contributed by atoms with E-state index < -0.39 is 28.5 Å². The lowest BCUT2D eigenvalue weighted by Gasteiger charge is -2.34. The lowest BCUT2D eigenvalue weighted by atomic mass is 10.0. The molecule has 43 heavy (non-hydrogen) atoms. The molecule has 0 spiro atoms. The fraction of sp³-hybridized carbons (Fsp3) is 0.394. The molecule has 1 heterocycles. The predicted octanol–water partition coefficient (Wildman–Crippen LogP) is 4.58. The molecule has 0 saturated heterocycles. The minimum absolute atomic E-state index is 0.0415. The van der Waals surface area contributed by atoms with Crippen LogP contribution in [0.3, 0.4) is 0 Å². The number of nitrogens with zero attached hydrogens (tertiary/aromatic N) is 2. The van der Waals surface area contributed by atoms with Crippen LogP contribution in [0.4, 0.5) is 5.69 Å². The van der Waals surface area contributed by atoms with Crippen molar-refractivity contribution in [2.24, 2.45) is 0 Å². The van der Waals surface area contributed by atoms with Crippen molar-refractivity contribution in [1.82, 2.24) is 10.2 Å². The maximum Gasteiger partial charge on any atom is 0.244 e. The van der Waals surface area contributed by atoms with Gasteiger partial charge in [0.25, 0.3) is 0 Å². The summed E-state index contributed by atoms with van der Waals surface area (Å²) in [5.74, 6) is 0.0121. The van der Waals surface area contributed by atoms with E-state index in [1.54, 1.807) is 18.2 Å². The Kier molecular flexibility index (Phi) is 9.55. The summed E-state index contributed by atoms with van der Waals surface area (Å²) in [6.45, 7) is 3.23. The van der Waals surface area contributed by atoms with Crippen LogP contribution in [-0.4, -0.2) is 56.3 Å². The van der Waals surface area contributed by atoms with E-state index in [1.807, 2.05) is 61.5 Å². The number of rotatable bonds is 12. The number of fused-ring (bicyclic) bond motifs is 1. The summed E-state index contributed by atoms with van der Waals surface area (Å²) in [6.07, 6.45) is 4.21. The Labute approximate surface area is 253 Å². The van der Waals surface area contributed by atoms with Crippen molar-refractivity contribution >= 4 is 27.5 Å². The maximum absolute atomic E-state index is 14.4. The van der Waals surface area contributed by atoms with E-state index in [9.17, 15) is 18.0 Å². The van der Waals surface area contributed by atoms with Crippen molar-refractivity contribution in [3.63, 3.8) is 0 Å². The van der Waals surface area contributed by atoms with Crippen molar-refractivity contribution in [1.29, 1.82) is 0 Å². The van der Waals surface area contributed by atoms with Crippen LogP contribution in [0.2, 0.25) is 0 Å². The summed E-state index contributed by atoms with van der Waals surface area (Å²) in [4.78, 5) is 29.9. The quantitative estimate of drug-likeness (QED) is 0.324. The van der Waals surface area contributed by atoms with Gasteiger partial charge in [0.2, 0.25) is 28.6 Å². The lowest BCUT2D eigenvalue weighted by Crippen LogP contribution is -2.54. The molecule has 228 valence electrons. The Hall–Kier alpha value is -4.05. The van der Waals surface area contributed by atoms with E-state index in [4.69, 9.17) is 9.47 Å². The number of hydrogen-bond acceptors (Lipinski definition) is 6. The summed E-state index contributed by atoms with van der Waals surface area (Å²) in [5, 5.41) is 3.19. The molecule has 1 aliphatic carbocycles. The van der Waals surface area contributed by atoms with Gasteiger partial charge in [0, 0.05) is 25.1 Å². The number of hydrogen-bond donors (Lipinski definition) is 1. The van der Waals surface area contributed by atoms with Crippen LogP contribution in [0, 0.1) is 6.92 Å². The number of aryl methyl sites for hydroxylation is 1. The highest BCUT2D eigenvalue weighted by Gasteiger charge is 2.35. The summed E-state index contributed by atoms with van der Waals surface area (Å²) in [5.41, 5.74) is 3.08. The van der Waals surface area contributed by atoms with Gasteiger partial charge in [-0.1, -0.05) is 73.0 Å². The first-order valence-electron chi connectivity index (χ1n) is 14.8. The minimum Gasteiger partial charge on any atom is -0.454 e. The molecule has 9 nitrogen and oxygen atoms in total. The third-order valence-corrected chi connectivity index (χ3v) is 9.77. The van der Waals surface area contributed by atoms with Gasteiger partial charge in [-0.05, 0) is 49.9 Å². The van der Waals surface area contributed by atoms with Gasteiger partial charge < -0.3 is 19.7 Å². The fourth-order valence-corrected chi connectivity index (χ4v) is 6.74. The Morgan fingerprint density at radius 1 is 0.930 bits per heavy atom. The molecule has 1 saturated carbocycles. The third kappa shape index (κ3) is 7.48. The summed E-state index contributed by atoms with van der Waals surface area (Å²) in [7, 11) is -3.87. The SMILES string of the molecule is CCS(=O)(=O)N(CC(=O)N(Cc1cccc(C)c1)C(Cc1ccccc1)C(=O)NC1CCCC1)c1ccc2c(c1)OCO2. The van der Waals surface area contributed by atoms with Crippen LogP contribution in [0.5, 0.6) is 11.5 Å². The Bertz CT molecular complexity index is 1540. The summed E-state index contributed by atoms with van der Waals surface area (Å²) < 4.78 is 38.8. The molecule has 0 radical (unpaired) electrons. The van der Waals surface area contributed by atoms with E-state index in [0.717, 1.165) is 46.7 Å². The first-order valence-corrected chi connectivity index (χ1v) is 16.4. The zero-order valence-electron chi connectivity index (χ0n) is 24.7. The number of amides is 2. The number of nitrogens with one attached hydrogen (secondary N) is 1. The van der Waals surface area contributed by atoms with Crippen molar-refractivity contribution in [2.75, 3.05) is 23.4 Å². The highest BCUT2D eigenvalue weighted by molar-refractivity contribution is 7.92. The number of anilines is 1. The molecule has 2 amide bonds. The normalized spacial score (nSPS) is 15.2. The van der Waals surface area contributed by atoms with Gasteiger partial charge in [-0.2, -0.15) is 0 Å². The second-order valence-electron chi connectivity index (χ2n) is 11.2. The van der Waals surface area contributed by atoms with Crippen LogP contribution < -0.4 is 19.1 Å². The van der Waals surface area contributed by atoms with Crippen LogP contribution in [-0.2, 0) is 32.6 Å². The lowest BCUT2D eigenvalue weighted by molar-refractivity contribution is -0.140. The maximum atomic E-state index is 14.4. The van der Waals surface area contributed by atoms with Gasteiger partial charge in [-0.15, -0.1) is 0 Å². The molecule has 1 unspecified atom stereocenters. The monoisotopic (exact) mass is 605 g/mol. The van der Waals surface area contributed by atoms with Crippen LogP contribution >= 0.6 is 0 Å². The molecule has 2 aliphatic rings. The van der Waals surface area contributed by atoms with Crippen LogP contribution in [0.25, 0.3) is 0 Å². The van der Waals surface area contributed by atoms with Crippen molar-refractivity contribution in [3.05, 3.63) is 89.5 Å². The molecule has 5 rings (SSSR count). The van der Waals surface area contributed by atoms with Crippen molar-refractivity contribution in [2.45, 2.75) is 64.6 Å². The van der Waals surface area contributed by atoms with E-state index >= 15 is 0 Å². The second kappa shape index (κ2) is 13.5. The zero-order valence-corrected chi connectivity index (χ0v) is 25.5. The molecule has 1 N–H and O–H groups in total. The second-order valence-corrected chi connectivity index (χ2v) is 13.3. The van der Waals surface area contributed by atoms with Crippen molar-refractivity contribution in [3.8, 4) is 11.5 Å². The largest absolute Gasteiger partial charge is 0.454 e. The number of ether oxygens (including phenoxy) is 2. The van der Waals surface area contributed by atoms with Crippen molar-refractivity contribution < 1.29 is 27.5 Å². The minimum atomic E-state index is -3.87. The van der Waals surface area contributed by atoms with Gasteiger partial charge in [-0.25, -0.2) is 8.42 Å². The molecular formula is C33H39N3O6S. The smallest absolute Gasteiger partial charge is 0.244 e. The van der Waals surface area contributed by atoms with Gasteiger partial charge in [0.05, 0.1) is 11.4 Å². The molecule has 1 atom stereocenters. The fourth-order valence-electron chi connectivity index (χ4n) is 5.69. The Balaban J connectivity index is 1.52. The van der Waals surface area contributed by atoms with Crippen LogP contribution in [0.15, 0.2) is 72.8 Å². The molecule has 10 heteroatoms. The first-order chi connectivity index (χ1) is 20.7. The zero-order chi connectivity index (χ0) is 30.4.